The Hall–Kier alpha value is -0.500. The molecule has 0 aliphatic heterocycles. The Kier molecular flexibility index (Phi) is 3.01. The number of carbonyl (C=O) groups excluding carboxylic acids is 1. The van der Waals surface area contributed by atoms with Crippen molar-refractivity contribution in [3.05, 3.63) is 10.6 Å². The van der Waals surface area contributed by atoms with Gasteiger partial charge in [-0.05, 0) is 40.0 Å². The largest absolute Gasteiger partial charge is 0.348 e. The summed E-state index contributed by atoms with van der Waals surface area (Å²) in [5.74, 6) is -0.00463. The van der Waals surface area contributed by atoms with Gasteiger partial charge in [0.25, 0.3) is 0 Å². The van der Waals surface area contributed by atoms with Crippen molar-refractivity contribution in [2.75, 3.05) is 0 Å². The summed E-state index contributed by atoms with van der Waals surface area (Å²) in [5, 5.41) is 3.65. The van der Waals surface area contributed by atoms with Crippen LogP contribution in [0.2, 0.25) is 0 Å². The van der Waals surface area contributed by atoms with E-state index in [1.54, 1.807) is 0 Å². The summed E-state index contributed by atoms with van der Waals surface area (Å²) in [4.78, 5) is 11.6. The zero-order valence-corrected chi connectivity index (χ0v) is 9.16. The van der Waals surface area contributed by atoms with Crippen LogP contribution in [-0.4, -0.2) is 11.4 Å². The highest BCUT2D eigenvalue weighted by Gasteiger charge is 2.22. The van der Waals surface area contributed by atoms with Crippen molar-refractivity contribution < 1.29 is 4.79 Å². The maximum Gasteiger partial charge on any atom is 0.248 e. The summed E-state index contributed by atoms with van der Waals surface area (Å²) in [5.41, 5.74) is 0.598. The van der Waals surface area contributed by atoms with Gasteiger partial charge in [-0.15, -0.1) is 0 Å². The van der Waals surface area contributed by atoms with Gasteiger partial charge in [-0.2, -0.15) is 0 Å². The molecule has 0 saturated heterocycles. The molecule has 1 amide bonds. The van der Waals surface area contributed by atoms with E-state index in [1.807, 2.05) is 20.8 Å². The van der Waals surface area contributed by atoms with E-state index in [4.69, 9.17) is 11.6 Å². The molecule has 0 aromatic heterocycles. The first-order chi connectivity index (χ1) is 5.90. The molecule has 0 aromatic carbocycles. The Labute approximate surface area is 84.3 Å². The van der Waals surface area contributed by atoms with E-state index in [1.165, 1.54) is 0 Å². The number of halogens is 1. The Bertz CT molecular complexity index is 250. The molecule has 13 heavy (non-hydrogen) atoms. The van der Waals surface area contributed by atoms with Crippen LogP contribution in [0.25, 0.3) is 0 Å². The molecular weight excluding hydrogens is 186 g/mol. The van der Waals surface area contributed by atoms with Crippen molar-refractivity contribution in [3.63, 3.8) is 0 Å². The van der Waals surface area contributed by atoms with E-state index in [2.05, 4.69) is 5.32 Å². The van der Waals surface area contributed by atoms with Crippen LogP contribution in [0.3, 0.4) is 0 Å². The van der Waals surface area contributed by atoms with Gasteiger partial charge in [0.2, 0.25) is 5.91 Å². The molecule has 0 bridgehead atoms. The summed E-state index contributed by atoms with van der Waals surface area (Å²) in [6.45, 7) is 5.90. The van der Waals surface area contributed by atoms with Crippen LogP contribution in [0.15, 0.2) is 10.6 Å². The summed E-state index contributed by atoms with van der Waals surface area (Å²) >= 11 is 5.92. The van der Waals surface area contributed by atoms with Crippen LogP contribution in [0, 0.1) is 0 Å². The number of amides is 1. The Morgan fingerprint density at radius 1 is 1.38 bits per heavy atom. The van der Waals surface area contributed by atoms with E-state index in [9.17, 15) is 4.79 Å². The molecule has 1 rings (SSSR count). The third-order valence-corrected chi connectivity index (χ3v) is 2.33. The number of hydrogen-bond acceptors (Lipinski definition) is 1. The number of nitrogens with one attached hydrogen (secondary N) is 1. The average Bonchev–Trinajstić information content (AvgIpc) is 2.30. The van der Waals surface area contributed by atoms with Gasteiger partial charge >= 0.3 is 0 Å². The predicted molar refractivity (Wildman–Crippen MR) is 54.6 cm³/mol. The average molecular weight is 202 g/mol. The molecule has 3 heteroatoms. The normalized spacial score (nSPS) is 17.8. The maximum atomic E-state index is 11.6. The minimum Gasteiger partial charge on any atom is -0.348 e. The molecule has 0 fully saturated rings. The summed E-state index contributed by atoms with van der Waals surface area (Å²) in [6.07, 6.45) is 2.68. The first kappa shape index (κ1) is 10.6. The molecule has 0 saturated carbocycles. The molecule has 0 spiro atoms. The van der Waals surface area contributed by atoms with Crippen molar-refractivity contribution in [3.8, 4) is 0 Å². The lowest BCUT2D eigenvalue weighted by Gasteiger charge is -2.20. The quantitative estimate of drug-likeness (QED) is 0.694. The zero-order chi connectivity index (χ0) is 10.1. The highest BCUT2D eigenvalue weighted by atomic mass is 35.5. The van der Waals surface area contributed by atoms with Crippen molar-refractivity contribution >= 4 is 17.5 Å². The van der Waals surface area contributed by atoms with E-state index < -0.39 is 0 Å². The molecule has 1 aliphatic carbocycles. The molecule has 0 unspecified atom stereocenters. The molecule has 1 aliphatic rings. The van der Waals surface area contributed by atoms with Gasteiger partial charge in [0, 0.05) is 16.1 Å². The molecule has 1 N–H and O–H groups in total. The molecule has 0 atom stereocenters. The van der Waals surface area contributed by atoms with Gasteiger partial charge in [-0.25, -0.2) is 0 Å². The third kappa shape index (κ3) is 3.03. The highest BCUT2D eigenvalue weighted by molar-refractivity contribution is 6.32. The lowest BCUT2D eigenvalue weighted by atomic mass is 10.1. The Morgan fingerprint density at radius 2 is 2.00 bits per heavy atom. The standard InChI is InChI=1S/C10H16ClNO/c1-10(2,3)12-9(13)7-5-4-6-8(7)11/h4-6H2,1-3H3,(H,12,13). The smallest absolute Gasteiger partial charge is 0.248 e. The third-order valence-electron chi connectivity index (χ3n) is 1.91. The van der Waals surface area contributed by atoms with E-state index in [-0.39, 0.29) is 11.4 Å². The van der Waals surface area contributed by atoms with E-state index >= 15 is 0 Å². The minimum atomic E-state index is -0.177. The fourth-order valence-electron chi connectivity index (χ4n) is 1.36. The summed E-state index contributed by atoms with van der Waals surface area (Å²) < 4.78 is 0. The van der Waals surface area contributed by atoms with Gasteiger partial charge in [0.15, 0.2) is 0 Å². The van der Waals surface area contributed by atoms with E-state index in [0.29, 0.717) is 0 Å². The Balaban J connectivity index is 2.64. The van der Waals surface area contributed by atoms with Gasteiger partial charge in [0.1, 0.15) is 0 Å². The van der Waals surface area contributed by atoms with Crippen molar-refractivity contribution in [1.82, 2.24) is 5.32 Å². The Morgan fingerprint density at radius 3 is 2.38 bits per heavy atom. The predicted octanol–water partition coefficient (Wildman–Crippen LogP) is 2.58. The SMILES string of the molecule is CC(C)(C)NC(=O)C1=C(Cl)CCC1. The monoisotopic (exact) mass is 201 g/mol. The highest BCUT2D eigenvalue weighted by Crippen LogP contribution is 2.29. The van der Waals surface area contributed by atoms with Crippen LogP contribution in [-0.2, 0) is 4.79 Å². The van der Waals surface area contributed by atoms with Crippen molar-refractivity contribution in [2.24, 2.45) is 0 Å². The maximum absolute atomic E-state index is 11.6. The minimum absolute atomic E-state index is 0.00463. The van der Waals surface area contributed by atoms with Crippen LogP contribution >= 0.6 is 11.6 Å². The number of carbonyl (C=O) groups is 1. The number of hydrogen-bond donors (Lipinski definition) is 1. The van der Waals surface area contributed by atoms with Gasteiger partial charge < -0.3 is 5.32 Å². The van der Waals surface area contributed by atoms with Gasteiger partial charge in [-0.3, -0.25) is 4.79 Å². The zero-order valence-electron chi connectivity index (χ0n) is 8.41. The van der Waals surface area contributed by atoms with Gasteiger partial charge in [0.05, 0.1) is 0 Å². The first-order valence-electron chi connectivity index (χ1n) is 4.60. The van der Waals surface area contributed by atoms with Crippen molar-refractivity contribution in [2.45, 2.75) is 45.6 Å². The fraction of sp³-hybridized carbons (Fsp3) is 0.700. The second kappa shape index (κ2) is 3.70. The molecule has 0 heterocycles. The van der Waals surface area contributed by atoms with Crippen LogP contribution in [0.5, 0.6) is 0 Å². The molecular formula is C10H16ClNO. The van der Waals surface area contributed by atoms with Crippen LogP contribution < -0.4 is 5.32 Å². The fourth-order valence-corrected chi connectivity index (χ4v) is 1.67. The van der Waals surface area contributed by atoms with E-state index in [0.717, 1.165) is 29.9 Å². The first-order valence-corrected chi connectivity index (χ1v) is 4.98. The number of rotatable bonds is 1. The molecule has 2 nitrogen and oxygen atoms in total. The van der Waals surface area contributed by atoms with Crippen LogP contribution in [0.4, 0.5) is 0 Å². The summed E-state index contributed by atoms with van der Waals surface area (Å²) in [6, 6.07) is 0. The molecule has 74 valence electrons. The van der Waals surface area contributed by atoms with Crippen molar-refractivity contribution in [1.29, 1.82) is 0 Å². The summed E-state index contributed by atoms with van der Waals surface area (Å²) in [7, 11) is 0. The second-order valence-electron chi connectivity index (χ2n) is 4.44. The lowest BCUT2D eigenvalue weighted by molar-refractivity contribution is -0.118. The van der Waals surface area contributed by atoms with Gasteiger partial charge in [-0.1, -0.05) is 11.6 Å². The topological polar surface area (TPSA) is 29.1 Å². The molecule has 0 aromatic rings. The lowest BCUT2D eigenvalue weighted by Crippen LogP contribution is -2.41. The van der Waals surface area contributed by atoms with Crippen LogP contribution in [0.1, 0.15) is 40.0 Å². The second-order valence-corrected chi connectivity index (χ2v) is 4.90. The number of allylic oxidation sites excluding steroid dienone is 1. The molecule has 0 radical (unpaired) electrons.